The lowest BCUT2D eigenvalue weighted by molar-refractivity contribution is -0.130. The van der Waals surface area contributed by atoms with Crippen LogP contribution in [0.5, 0.6) is 0 Å². The van der Waals surface area contributed by atoms with Gasteiger partial charge in [0, 0.05) is 12.5 Å². The molecular formula is C8H13NO3. The van der Waals surface area contributed by atoms with Gasteiger partial charge in [-0.3, -0.25) is 4.79 Å². The van der Waals surface area contributed by atoms with Crippen LogP contribution < -0.4 is 0 Å². The molecular weight excluding hydrogens is 158 g/mol. The zero-order valence-electron chi connectivity index (χ0n) is 7.28. The number of nitrogens with zero attached hydrogens (tertiary/aromatic N) is 1. The summed E-state index contributed by atoms with van der Waals surface area (Å²) >= 11 is 0. The molecule has 68 valence electrons. The summed E-state index contributed by atoms with van der Waals surface area (Å²) in [7, 11) is 0. The predicted octanol–water partition coefficient (Wildman–Crippen LogP) is 1.17. The van der Waals surface area contributed by atoms with Crippen LogP contribution in [0.1, 0.15) is 20.3 Å². The molecule has 12 heavy (non-hydrogen) atoms. The maximum atomic E-state index is 11.3. The first-order valence-corrected chi connectivity index (χ1v) is 4.08. The molecule has 1 rings (SSSR count). The molecule has 0 aromatic rings. The van der Waals surface area contributed by atoms with E-state index in [9.17, 15) is 9.59 Å². The number of carbonyl (C=O) groups is 2. The fraction of sp³-hybridized carbons (Fsp3) is 0.750. The van der Waals surface area contributed by atoms with E-state index in [4.69, 9.17) is 5.11 Å². The van der Waals surface area contributed by atoms with Gasteiger partial charge in [-0.05, 0) is 12.3 Å². The third kappa shape index (κ3) is 1.42. The van der Waals surface area contributed by atoms with Crippen molar-refractivity contribution in [2.45, 2.75) is 20.3 Å². The minimum atomic E-state index is -1.12. The van der Waals surface area contributed by atoms with Crippen LogP contribution in [0.25, 0.3) is 0 Å². The van der Waals surface area contributed by atoms with Crippen LogP contribution in [0.15, 0.2) is 0 Å². The molecule has 4 nitrogen and oxygen atoms in total. The van der Waals surface area contributed by atoms with Crippen LogP contribution in [-0.2, 0) is 4.79 Å². The van der Waals surface area contributed by atoms with Gasteiger partial charge in [0.25, 0.3) is 0 Å². The highest BCUT2D eigenvalue weighted by Gasteiger charge is 2.36. The SMILES string of the molecule is CC(C)C1CCN(C(=O)O)C1=O. The number of imide groups is 1. The molecule has 0 aromatic heterocycles. The number of hydrogen-bond donors (Lipinski definition) is 1. The fourth-order valence-corrected chi connectivity index (χ4v) is 1.51. The van der Waals surface area contributed by atoms with Crippen molar-refractivity contribution < 1.29 is 14.7 Å². The summed E-state index contributed by atoms with van der Waals surface area (Å²) in [6.07, 6.45) is -0.453. The summed E-state index contributed by atoms with van der Waals surface area (Å²) in [6.45, 7) is 4.23. The van der Waals surface area contributed by atoms with Crippen molar-refractivity contribution in [3.05, 3.63) is 0 Å². The molecule has 0 spiro atoms. The van der Waals surface area contributed by atoms with E-state index in [0.717, 1.165) is 4.90 Å². The lowest BCUT2D eigenvalue weighted by Gasteiger charge is -2.12. The Kier molecular flexibility index (Phi) is 2.35. The van der Waals surface area contributed by atoms with Crippen LogP contribution in [0.3, 0.4) is 0 Å². The summed E-state index contributed by atoms with van der Waals surface area (Å²) in [5, 5.41) is 8.59. The highest BCUT2D eigenvalue weighted by atomic mass is 16.4. The van der Waals surface area contributed by atoms with Crippen molar-refractivity contribution >= 4 is 12.0 Å². The second kappa shape index (κ2) is 3.13. The average Bonchev–Trinajstić information content (AvgIpc) is 2.30. The van der Waals surface area contributed by atoms with Gasteiger partial charge in [-0.15, -0.1) is 0 Å². The minimum absolute atomic E-state index is 0.0962. The van der Waals surface area contributed by atoms with E-state index in [-0.39, 0.29) is 17.7 Å². The van der Waals surface area contributed by atoms with Crippen LogP contribution in [-0.4, -0.2) is 28.6 Å². The van der Waals surface area contributed by atoms with Gasteiger partial charge in [0.2, 0.25) is 5.91 Å². The number of carbonyl (C=O) groups excluding carboxylic acids is 1. The molecule has 2 amide bonds. The number of amides is 2. The van der Waals surface area contributed by atoms with Crippen LogP contribution in [0, 0.1) is 11.8 Å². The van der Waals surface area contributed by atoms with E-state index >= 15 is 0 Å². The maximum absolute atomic E-state index is 11.3. The molecule has 0 aliphatic carbocycles. The Morgan fingerprint density at radius 1 is 1.67 bits per heavy atom. The third-order valence-corrected chi connectivity index (χ3v) is 2.28. The molecule has 0 saturated carbocycles. The van der Waals surface area contributed by atoms with Gasteiger partial charge in [-0.2, -0.15) is 0 Å². The predicted molar refractivity (Wildman–Crippen MR) is 42.7 cm³/mol. The highest BCUT2D eigenvalue weighted by molar-refractivity contribution is 5.94. The van der Waals surface area contributed by atoms with Gasteiger partial charge >= 0.3 is 6.09 Å². The van der Waals surface area contributed by atoms with Gasteiger partial charge in [-0.1, -0.05) is 13.8 Å². The van der Waals surface area contributed by atoms with Crippen LogP contribution >= 0.6 is 0 Å². The zero-order chi connectivity index (χ0) is 9.30. The number of likely N-dealkylation sites (tertiary alicyclic amines) is 1. The first-order chi connectivity index (χ1) is 5.54. The number of hydrogen-bond acceptors (Lipinski definition) is 2. The molecule has 1 aliphatic heterocycles. The van der Waals surface area contributed by atoms with Crippen molar-refractivity contribution in [2.24, 2.45) is 11.8 Å². The summed E-state index contributed by atoms with van der Waals surface area (Å²) < 4.78 is 0. The van der Waals surface area contributed by atoms with Crippen LogP contribution in [0.2, 0.25) is 0 Å². The molecule has 1 fully saturated rings. The van der Waals surface area contributed by atoms with E-state index in [0.29, 0.717) is 13.0 Å². The molecule has 1 unspecified atom stereocenters. The van der Waals surface area contributed by atoms with Crippen molar-refractivity contribution in [3.63, 3.8) is 0 Å². The molecule has 1 N–H and O–H groups in total. The average molecular weight is 171 g/mol. The monoisotopic (exact) mass is 171 g/mol. The summed E-state index contributed by atoms with van der Waals surface area (Å²) in [4.78, 5) is 22.7. The molecule has 1 aliphatic rings. The summed E-state index contributed by atoms with van der Waals surface area (Å²) in [5.74, 6) is -0.0968. The second-order valence-electron chi connectivity index (χ2n) is 3.41. The minimum Gasteiger partial charge on any atom is -0.465 e. The Morgan fingerprint density at radius 3 is 2.50 bits per heavy atom. The highest BCUT2D eigenvalue weighted by Crippen LogP contribution is 2.24. The van der Waals surface area contributed by atoms with Crippen LogP contribution in [0.4, 0.5) is 4.79 Å². The van der Waals surface area contributed by atoms with Crippen molar-refractivity contribution in [1.82, 2.24) is 4.90 Å². The first kappa shape index (κ1) is 9.03. The van der Waals surface area contributed by atoms with Gasteiger partial charge in [0.15, 0.2) is 0 Å². The topological polar surface area (TPSA) is 57.6 Å². The van der Waals surface area contributed by atoms with Crippen molar-refractivity contribution in [1.29, 1.82) is 0 Å². The van der Waals surface area contributed by atoms with Gasteiger partial charge in [-0.25, -0.2) is 9.69 Å². The van der Waals surface area contributed by atoms with Crippen molar-refractivity contribution in [3.8, 4) is 0 Å². The Morgan fingerprint density at radius 2 is 2.25 bits per heavy atom. The van der Waals surface area contributed by atoms with Gasteiger partial charge in [0.05, 0.1) is 0 Å². The molecule has 0 aromatic carbocycles. The van der Waals surface area contributed by atoms with Gasteiger partial charge < -0.3 is 5.11 Å². The molecule has 1 saturated heterocycles. The molecule has 0 bridgehead atoms. The Hall–Kier alpha value is -1.06. The molecule has 4 heteroatoms. The lowest BCUT2D eigenvalue weighted by atomic mass is 9.95. The molecule has 1 atom stereocenters. The number of carboxylic acid groups (broad SMARTS) is 1. The smallest absolute Gasteiger partial charge is 0.414 e. The molecule has 1 heterocycles. The third-order valence-electron chi connectivity index (χ3n) is 2.28. The lowest BCUT2D eigenvalue weighted by Crippen LogP contribution is -2.33. The summed E-state index contributed by atoms with van der Waals surface area (Å²) in [6, 6.07) is 0. The Labute approximate surface area is 71.2 Å². The van der Waals surface area contributed by atoms with Gasteiger partial charge in [0.1, 0.15) is 0 Å². The quantitative estimate of drug-likeness (QED) is 0.644. The molecule has 0 radical (unpaired) electrons. The van der Waals surface area contributed by atoms with E-state index in [1.165, 1.54) is 0 Å². The second-order valence-corrected chi connectivity index (χ2v) is 3.41. The standard InChI is InChI=1S/C8H13NO3/c1-5(2)6-3-4-9(7(6)10)8(11)12/h5-6H,3-4H2,1-2H3,(H,11,12). The van der Waals surface area contributed by atoms with Crippen molar-refractivity contribution in [2.75, 3.05) is 6.54 Å². The largest absolute Gasteiger partial charge is 0.465 e. The summed E-state index contributed by atoms with van der Waals surface area (Å²) in [5.41, 5.74) is 0. The fourth-order valence-electron chi connectivity index (χ4n) is 1.51. The normalized spacial score (nSPS) is 23.8. The maximum Gasteiger partial charge on any atom is 0.414 e. The zero-order valence-corrected chi connectivity index (χ0v) is 7.28. The Balaban J connectivity index is 2.67. The first-order valence-electron chi connectivity index (χ1n) is 4.08. The number of rotatable bonds is 1. The Bertz CT molecular complexity index is 212. The van der Waals surface area contributed by atoms with E-state index in [1.807, 2.05) is 13.8 Å². The van der Waals surface area contributed by atoms with E-state index in [1.54, 1.807) is 0 Å². The van der Waals surface area contributed by atoms with E-state index in [2.05, 4.69) is 0 Å². The van der Waals surface area contributed by atoms with E-state index < -0.39 is 6.09 Å².